The van der Waals surface area contributed by atoms with Crippen LogP contribution in [-0.2, 0) is 6.42 Å². The molecule has 0 aromatic heterocycles. The van der Waals surface area contributed by atoms with E-state index in [2.05, 4.69) is 15.2 Å². The molecular weight excluding hydrogens is 266 g/mol. The SMILES string of the molecule is COc1cc(CC2=NC(=S)N=N2)cc(OC)c1OC. The summed E-state index contributed by atoms with van der Waals surface area (Å²) in [5, 5.41) is 7.84. The van der Waals surface area contributed by atoms with E-state index in [4.69, 9.17) is 26.4 Å². The molecule has 0 bridgehead atoms. The van der Waals surface area contributed by atoms with Gasteiger partial charge in [-0.2, -0.15) is 4.99 Å². The van der Waals surface area contributed by atoms with Gasteiger partial charge in [0.25, 0.3) is 0 Å². The van der Waals surface area contributed by atoms with Crippen molar-refractivity contribution >= 4 is 23.2 Å². The predicted molar refractivity (Wildman–Crippen MR) is 74.7 cm³/mol. The average Bonchev–Trinajstić information content (AvgIpc) is 2.82. The second-order valence-corrected chi connectivity index (χ2v) is 4.09. The molecule has 0 saturated heterocycles. The monoisotopic (exact) mass is 279 g/mol. The summed E-state index contributed by atoms with van der Waals surface area (Å²) in [6.07, 6.45) is 0.500. The molecule has 0 N–H and O–H groups in total. The van der Waals surface area contributed by atoms with Gasteiger partial charge in [0.2, 0.25) is 10.9 Å². The Balaban J connectivity index is 2.34. The number of hydrogen-bond donors (Lipinski definition) is 0. The van der Waals surface area contributed by atoms with Gasteiger partial charge in [-0.25, -0.2) is 0 Å². The van der Waals surface area contributed by atoms with Gasteiger partial charge in [0.1, 0.15) is 0 Å². The molecule has 0 saturated carbocycles. The van der Waals surface area contributed by atoms with Crippen LogP contribution < -0.4 is 14.2 Å². The summed E-state index contributed by atoms with van der Waals surface area (Å²) >= 11 is 4.83. The second-order valence-electron chi connectivity index (χ2n) is 3.72. The molecule has 1 aliphatic heterocycles. The van der Waals surface area contributed by atoms with Crippen LogP contribution in [0.5, 0.6) is 17.2 Å². The minimum Gasteiger partial charge on any atom is -0.493 e. The van der Waals surface area contributed by atoms with E-state index in [1.807, 2.05) is 12.1 Å². The van der Waals surface area contributed by atoms with Crippen LogP contribution in [0.2, 0.25) is 0 Å². The predicted octanol–water partition coefficient (Wildman–Crippen LogP) is 2.40. The van der Waals surface area contributed by atoms with Gasteiger partial charge in [-0.3, -0.25) is 0 Å². The van der Waals surface area contributed by atoms with Gasteiger partial charge in [0.15, 0.2) is 17.3 Å². The molecule has 19 heavy (non-hydrogen) atoms. The molecular formula is C12H13N3O3S. The lowest BCUT2D eigenvalue weighted by atomic mass is 10.1. The van der Waals surface area contributed by atoms with Crippen molar-refractivity contribution in [1.29, 1.82) is 0 Å². The van der Waals surface area contributed by atoms with Gasteiger partial charge >= 0.3 is 0 Å². The fourth-order valence-electron chi connectivity index (χ4n) is 1.75. The lowest BCUT2D eigenvalue weighted by Gasteiger charge is -2.13. The molecule has 0 amide bonds. The highest BCUT2D eigenvalue weighted by molar-refractivity contribution is 7.80. The highest BCUT2D eigenvalue weighted by Gasteiger charge is 2.15. The van der Waals surface area contributed by atoms with Crippen LogP contribution in [0.1, 0.15) is 5.56 Å². The maximum absolute atomic E-state index is 5.28. The van der Waals surface area contributed by atoms with Gasteiger partial charge in [-0.1, -0.05) is 0 Å². The van der Waals surface area contributed by atoms with Crippen molar-refractivity contribution in [1.82, 2.24) is 0 Å². The molecule has 0 atom stereocenters. The number of methoxy groups -OCH3 is 3. The molecule has 0 fully saturated rings. The first-order valence-electron chi connectivity index (χ1n) is 5.50. The van der Waals surface area contributed by atoms with E-state index in [9.17, 15) is 0 Å². The first-order valence-corrected chi connectivity index (χ1v) is 5.91. The van der Waals surface area contributed by atoms with E-state index in [0.29, 0.717) is 29.5 Å². The summed E-state index contributed by atoms with van der Waals surface area (Å²) in [5.41, 5.74) is 0.928. The van der Waals surface area contributed by atoms with Crippen LogP contribution in [-0.4, -0.2) is 32.3 Å². The van der Waals surface area contributed by atoms with Gasteiger partial charge < -0.3 is 14.2 Å². The molecule has 100 valence electrons. The Morgan fingerprint density at radius 1 is 1.00 bits per heavy atom. The number of amidine groups is 1. The lowest BCUT2D eigenvalue weighted by molar-refractivity contribution is 0.324. The number of ether oxygens (including phenoxy) is 3. The Kier molecular flexibility index (Phi) is 4.06. The van der Waals surface area contributed by atoms with Crippen LogP contribution in [0, 0.1) is 0 Å². The van der Waals surface area contributed by atoms with E-state index < -0.39 is 0 Å². The van der Waals surface area contributed by atoms with Crippen LogP contribution in [0.3, 0.4) is 0 Å². The fraction of sp³-hybridized carbons (Fsp3) is 0.333. The summed E-state index contributed by atoms with van der Waals surface area (Å²) in [6, 6.07) is 3.70. The number of rotatable bonds is 5. The molecule has 1 heterocycles. The third-order valence-corrected chi connectivity index (χ3v) is 2.74. The first-order chi connectivity index (χ1) is 9.17. The van der Waals surface area contributed by atoms with Crippen LogP contribution in [0.4, 0.5) is 0 Å². The number of thiocarbonyl (C=S) groups is 1. The smallest absolute Gasteiger partial charge is 0.241 e. The van der Waals surface area contributed by atoms with Crippen molar-refractivity contribution in [3.05, 3.63) is 17.7 Å². The Bertz CT molecular complexity index is 544. The third kappa shape index (κ3) is 2.87. The fourth-order valence-corrected chi connectivity index (χ4v) is 1.90. The third-order valence-electron chi connectivity index (χ3n) is 2.56. The Hall–Kier alpha value is -2.02. The van der Waals surface area contributed by atoms with Crippen molar-refractivity contribution in [2.75, 3.05) is 21.3 Å². The minimum absolute atomic E-state index is 0.252. The Morgan fingerprint density at radius 2 is 1.63 bits per heavy atom. The molecule has 0 radical (unpaired) electrons. The Labute approximate surface area is 116 Å². The maximum Gasteiger partial charge on any atom is 0.241 e. The highest BCUT2D eigenvalue weighted by atomic mass is 32.1. The van der Waals surface area contributed by atoms with E-state index in [-0.39, 0.29) is 5.11 Å². The molecule has 0 spiro atoms. The van der Waals surface area contributed by atoms with Crippen molar-refractivity contribution in [3.8, 4) is 17.2 Å². The van der Waals surface area contributed by atoms with E-state index in [0.717, 1.165) is 5.56 Å². The summed E-state index contributed by atoms with van der Waals surface area (Å²) in [7, 11) is 4.71. The highest BCUT2D eigenvalue weighted by Crippen LogP contribution is 2.38. The van der Waals surface area contributed by atoms with E-state index >= 15 is 0 Å². The van der Waals surface area contributed by atoms with Crippen molar-refractivity contribution in [3.63, 3.8) is 0 Å². The number of nitrogens with zero attached hydrogens (tertiary/aromatic N) is 3. The Morgan fingerprint density at radius 3 is 2.05 bits per heavy atom. The molecule has 1 aliphatic rings. The standard InChI is InChI=1S/C12H13N3O3S/c1-16-8-4-7(5-9(17-2)11(8)18-3)6-10-13-12(19)15-14-10/h4-5H,6H2,1-3H3. The van der Waals surface area contributed by atoms with Crippen LogP contribution in [0.15, 0.2) is 27.4 Å². The van der Waals surface area contributed by atoms with Crippen molar-refractivity contribution in [2.24, 2.45) is 15.2 Å². The zero-order valence-corrected chi connectivity index (χ0v) is 11.7. The van der Waals surface area contributed by atoms with Gasteiger partial charge in [0.05, 0.1) is 21.3 Å². The molecule has 0 unspecified atom stereocenters. The second kappa shape index (κ2) is 5.75. The largest absolute Gasteiger partial charge is 0.493 e. The molecule has 7 heteroatoms. The number of hydrogen-bond acceptors (Lipinski definition) is 5. The molecule has 6 nitrogen and oxygen atoms in total. The average molecular weight is 279 g/mol. The number of azo groups is 1. The zero-order chi connectivity index (χ0) is 13.8. The van der Waals surface area contributed by atoms with Crippen molar-refractivity contribution < 1.29 is 14.2 Å². The topological polar surface area (TPSA) is 64.8 Å². The maximum atomic E-state index is 5.28. The lowest BCUT2D eigenvalue weighted by Crippen LogP contribution is -2.01. The van der Waals surface area contributed by atoms with Crippen molar-refractivity contribution in [2.45, 2.75) is 6.42 Å². The summed E-state index contributed by atoms with van der Waals surface area (Å²) in [4.78, 5) is 4.04. The van der Waals surface area contributed by atoms with Gasteiger partial charge in [-0.05, 0) is 29.9 Å². The zero-order valence-electron chi connectivity index (χ0n) is 10.8. The van der Waals surface area contributed by atoms with Crippen LogP contribution in [0.25, 0.3) is 0 Å². The summed E-state index contributed by atoms with van der Waals surface area (Å²) in [5.74, 6) is 2.31. The number of aliphatic imine (C=N–C) groups is 1. The molecule has 1 aromatic rings. The van der Waals surface area contributed by atoms with Gasteiger partial charge in [0, 0.05) is 6.42 Å². The van der Waals surface area contributed by atoms with Crippen LogP contribution >= 0.6 is 12.2 Å². The number of benzene rings is 1. The van der Waals surface area contributed by atoms with E-state index in [1.54, 1.807) is 21.3 Å². The first kappa shape index (κ1) is 13.4. The molecule has 2 rings (SSSR count). The van der Waals surface area contributed by atoms with E-state index in [1.165, 1.54) is 0 Å². The van der Waals surface area contributed by atoms with Gasteiger partial charge in [-0.15, -0.1) is 10.2 Å². The summed E-state index contributed by atoms with van der Waals surface area (Å²) in [6.45, 7) is 0. The quantitative estimate of drug-likeness (QED) is 0.776. The minimum atomic E-state index is 0.252. The normalized spacial score (nSPS) is 13.4. The molecule has 1 aromatic carbocycles. The summed E-state index contributed by atoms with van der Waals surface area (Å²) < 4.78 is 15.8. The molecule has 0 aliphatic carbocycles.